The van der Waals surface area contributed by atoms with Gasteiger partial charge in [0, 0.05) is 26.2 Å². The molecule has 9 heteroatoms. The van der Waals surface area contributed by atoms with Crippen LogP contribution in [-0.4, -0.2) is 34.9 Å². The molecular weight excluding hydrogens is 410 g/mol. The molecule has 0 aliphatic carbocycles. The van der Waals surface area contributed by atoms with Crippen molar-refractivity contribution in [3.8, 4) is 0 Å². The van der Waals surface area contributed by atoms with Gasteiger partial charge in [-0.1, -0.05) is 47.7 Å². The second-order valence-electron chi connectivity index (χ2n) is 6.78. The van der Waals surface area contributed by atoms with Crippen molar-refractivity contribution < 1.29 is 18.4 Å². The van der Waals surface area contributed by atoms with Gasteiger partial charge < -0.3 is 10.2 Å². The third-order valence-electron chi connectivity index (χ3n) is 4.70. The van der Waals surface area contributed by atoms with Crippen LogP contribution in [0.25, 0.3) is 0 Å². The highest BCUT2D eigenvalue weighted by atomic mass is 32.1. The lowest BCUT2D eigenvalue weighted by molar-refractivity contribution is 0.0954. The molecule has 0 spiro atoms. The Morgan fingerprint density at radius 1 is 1.07 bits per heavy atom. The van der Waals surface area contributed by atoms with Gasteiger partial charge in [0.2, 0.25) is 0 Å². The molecule has 3 aromatic rings. The zero-order valence-electron chi connectivity index (χ0n) is 15.8. The van der Waals surface area contributed by atoms with Crippen LogP contribution in [0, 0.1) is 11.6 Å². The van der Waals surface area contributed by atoms with E-state index < -0.39 is 17.5 Å². The number of thiazole rings is 1. The highest BCUT2D eigenvalue weighted by Gasteiger charge is 2.31. The minimum absolute atomic E-state index is 0.0523. The fourth-order valence-corrected chi connectivity index (χ4v) is 3.98. The van der Waals surface area contributed by atoms with Gasteiger partial charge in [-0.3, -0.25) is 9.69 Å². The molecule has 4 rings (SSSR count). The van der Waals surface area contributed by atoms with Gasteiger partial charge in [-0.15, -0.1) is 0 Å². The molecule has 0 saturated carbocycles. The summed E-state index contributed by atoms with van der Waals surface area (Å²) >= 11 is 1.11. The summed E-state index contributed by atoms with van der Waals surface area (Å²) in [6.07, 6.45) is 1.41. The third-order valence-corrected chi connectivity index (χ3v) is 5.72. The Bertz CT molecular complexity index is 1070. The summed E-state index contributed by atoms with van der Waals surface area (Å²) < 4.78 is 26.3. The fraction of sp³-hybridized carbons (Fsp3) is 0.190. The molecule has 2 aromatic carbocycles. The van der Waals surface area contributed by atoms with Crippen LogP contribution in [0.15, 0.2) is 54.7 Å². The van der Waals surface area contributed by atoms with Crippen molar-refractivity contribution in [3.05, 3.63) is 82.4 Å². The molecule has 1 saturated heterocycles. The zero-order chi connectivity index (χ0) is 21.1. The molecule has 154 valence electrons. The average molecular weight is 428 g/mol. The number of nitrogens with one attached hydrogen (secondary N) is 1. The van der Waals surface area contributed by atoms with Crippen LogP contribution in [0.1, 0.15) is 20.8 Å². The molecule has 30 heavy (non-hydrogen) atoms. The first-order valence-electron chi connectivity index (χ1n) is 9.29. The van der Waals surface area contributed by atoms with Crippen LogP contribution in [-0.2, 0) is 13.1 Å². The number of anilines is 1. The van der Waals surface area contributed by atoms with Gasteiger partial charge in [-0.2, -0.15) is 0 Å². The van der Waals surface area contributed by atoms with Crippen LogP contribution < -0.4 is 10.2 Å². The van der Waals surface area contributed by atoms with Crippen molar-refractivity contribution in [3.63, 3.8) is 0 Å². The quantitative estimate of drug-likeness (QED) is 0.650. The van der Waals surface area contributed by atoms with Crippen LogP contribution >= 0.6 is 11.3 Å². The number of urea groups is 1. The first-order chi connectivity index (χ1) is 14.5. The number of amides is 3. The smallest absolute Gasteiger partial charge is 0.326 e. The van der Waals surface area contributed by atoms with Gasteiger partial charge in [0.1, 0.15) is 4.88 Å². The van der Waals surface area contributed by atoms with Crippen molar-refractivity contribution >= 4 is 28.4 Å². The lowest BCUT2D eigenvalue weighted by Gasteiger charge is -2.16. The van der Waals surface area contributed by atoms with E-state index in [2.05, 4.69) is 10.3 Å². The average Bonchev–Trinajstić information content (AvgIpc) is 3.37. The highest BCUT2D eigenvalue weighted by Crippen LogP contribution is 2.26. The molecule has 2 heterocycles. The fourth-order valence-electron chi connectivity index (χ4n) is 3.12. The molecule has 3 amide bonds. The topological polar surface area (TPSA) is 65.5 Å². The SMILES string of the molecule is O=C(NCc1ccc(F)c(F)c1)c1cnc(N2CCN(Cc3ccccc3)C2=O)s1. The van der Waals surface area contributed by atoms with Crippen LogP contribution in [0.4, 0.5) is 18.7 Å². The molecule has 6 nitrogen and oxygen atoms in total. The van der Waals surface area contributed by atoms with E-state index in [0.717, 1.165) is 29.0 Å². The van der Waals surface area contributed by atoms with E-state index in [1.165, 1.54) is 12.3 Å². The molecule has 1 aliphatic rings. The van der Waals surface area contributed by atoms with E-state index in [1.807, 2.05) is 30.3 Å². The number of rotatable bonds is 6. The first-order valence-corrected chi connectivity index (χ1v) is 10.1. The molecular formula is C21H18F2N4O2S. The Balaban J connectivity index is 1.37. The van der Waals surface area contributed by atoms with E-state index in [9.17, 15) is 18.4 Å². The second kappa shape index (κ2) is 8.58. The highest BCUT2D eigenvalue weighted by molar-refractivity contribution is 7.17. The van der Waals surface area contributed by atoms with Gasteiger partial charge in [-0.25, -0.2) is 18.6 Å². The van der Waals surface area contributed by atoms with E-state index in [-0.39, 0.29) is 12.6 Å². The predicted octanol–water partition coefficient (Wildman–Crippen LogP) is 3.79. The second-order valence-corrected chi connectivity index (χ2v) is 7.79. The number of carbonyl (C=O) groups is 2. The molecule has 0 bridgehead atoms. The number of hydrogen-bond donors (Lipinski definition) is 1. The van der Waals surface area contributed by atoms with Crippen molar-refractivity contribution in [2.75, 3.05) is 18.0 Å². The minimum atomic E-state index is -0.963. The van der Waals surface area contributed by atoms with Gasteiger partial charge in [-0.05, 0) is 23.3 Å². The lowest BCUT2D eigenvalue weighted by atomic mass is 10.2. The third kappa shape index (κ3) is 4.30. The van der Waals surface area contributed by atoms with Gasteiger partial charge in [0.25, 0.3) is 5.91 Å². The summed E-state index contributed by atoms with van der Waals surface area (Å²) in [5, 5.41) is 3.10. The van der Waals surface area contributed by atoms with E-state index in [4.69, 9.17) is 0 Å². The Morgan fingerprint density at radius 3 is 2.63 bits per heavy atom. The molecule has 1 fully saturated rings. The van der Waals surface area contributed by atoms with E-state index in [1.54, 1.807) is 9.80 Å². The molecule has 0 radical (unpaired) electrons. The standard InChI is InChI=1S/C21H18F2N4O2S/c22-16-7-6-15(10-17(16)23)11-24-19(28)18-12-25-20(30-18)27-9-8-26(21(27)29)13-14-4-2-1-3-5-14/h1-7,10,12H,8-9,11,13H2,(H,24,28). The Labute approximate surface area is 175 Å². The number of benzene rings is 2. The van der Waals surface area contributed by atoms with Gasteiger partial charge >= 0.3 is 6.03 Å². The van der Waals surface area contributed by atoms with Crippen LogP contribution in [0.2, 0.25) is 0 Å². The molecule has 1 N–H and O–H groups in total. The minimum Gasteiger partial charge on any atom is -0.347 e. The number of halogens is 2. The Hall–Kier alpha value is -3.33. The number of hydrogen-bond acceptors (Lipinski definition) is 4. The predicted molar refractivity (Wildman–Crippen MR) is 109 cm³/mol. The summed E-state index contributed by atoms with van der Waals surface area (Å²) in [7, 11) is 0. The van der Waals surface area contributed by atoms with Crippen molar-refractivity contribution in [1.82, 2.24) is 15.2 Å². The Kier molecular flexibility index (Phi) is 5.71. The van der Waals surface area contributed by atoms with E-state index in [0.29, 0.717) is 35.2 Å². The first kappa shape index (κ1) is 20.0. The number of carbonyl (C=O) groups excluding carboxylic acids is 2. The lowest BCUT2D eigenvalue weighted by Crippen LogP contribution is -2.31. The largest absolute Gasteiger partial charge is 0.347 e. The van der Waals surface area contributed by atoms with Crippen molar-refractivity contribution in [2.24, 2.45) is 0 Å². The summed E-state index contributed by atoms with van der Waals surface area (Å²) in [5.74, 6) is -2.29. The maximum Gasteiger partial charge on any atom is 0.326 e. The number of aromatic nitrogens is 1. The zero-order valence-corrected chi connectivity index (χ0v) is 16.7. The summed E-state index contributed by atoms with van der Waals surface area (Å²) in [6.45, 7) is 1.64. The summed E-state index contributed by atoms with van der Waals surface area (Å²) in [6, 6.07) is 13.0. The normalized spacial score (nSPS) is 13.7. The van der Waals surface area contributed by atoms with Gasteiger partial charge in [0.15, 0.2) is 16.8 Å². The molecule has 0 unspecified atom stereocenters. The molecule has 0 atom stereocenters. The van der Waals surface area contributed by atoms with Crippen molar-refractivity contribution in [2.45, 2.75) is 13.1 Å². The maximum atomic E-state index is 13.3. The summed E-state index contributed by atoms with van der Waals surface area (Å²) in [5.41, 5.74) is 1.49. The van der Waals surface area contributed by atoms with Gasteiger partial charge in [0.05, 0.1) is 6.20 Å². The number of nitrogens with zero attached hydrogens (tertiary/aromatic N) is 3. The monoisotopic (exact) mass is 428 g/mol. The van der Waals surface area contributed by atoms with Crippen LogP contribution in [0.5, 0.6) is 0 Å². The Morgan fingerprint density at radius 2 is 1.87 bits per heavy atom. The molecule has 1 aliphatic heterocycles. The molecule has 1 aromatic heterocycles. The van der Waals surface area contributed by atoms with Crippen LogP contribution in [0.3, 0.4) is 0 Å². The maximum absolute atomic E-state index is 13.3. The van der Waals surface area contributed by atoms with Crippen molar-refractivity contribution in [1.29, 1.82) is 0 Å². The van der Waals surface area contributed by atoms with E-state index >= 15 is 0 Å². The summed E-state index contributed by atoms with van der Waals surface area (Å²) in [4.78, 5) is 32.9.